The maximum Gasteiger partial charge on any atom is 0.272 e. The van der Waals surface area contributed by atoms with Gasteiger partial charge in [-0.1, -0.05) is 6.07 Å². The van der Waals surface area contributed by atoms with Crippen LogP contribution in [0.2, 0.25) is 0 Å². The molecular weight excluding hydrogens is 376 g/mol. The van der Waals surface area contributed by atoms with E-state index in [1.807, 2.05) is 18.2 Å². The van der Waals surface area contributed by atoms with Gasteiger partial charge in [0.2, 0.25) is 12.7 Å². The van der Waals surface area contributed by atoms with E-state index in [0.717, 1.165) is 17.7 Å². The van der Waals surface area contributed by atoms with Gasteiger partial charge < -0.3 is 9.47 Å². The maximum absolute atomic E-state index is 13.0. The Hall–Kier alpha value is -3.62. The van der Waals surface area contributed by atoms with Crippen molar-refractivity contribution in [3.8, 4) is 11.5 Å². The van der Waals surface area contributed by atoms with E-state index in [0.29, 0.717) is 48.3 Å². The second kappa shape index (κ2) is 7.08. The molecule has 148 valence electrons. The predicted molar refractivity (Wildman–Crippen MR) is 100 cm³/mol. The molecule has 29 heavy (non-hydrogen) atoms. The number of nitrogens with zero attached hydrogens (tertiary/aromatic N) is 4. The molecular formula is C20H18N4O5. The second-order valence-corrected chi connectivity index (χ2v) is 6.95. The van der Waals surface area contributed by atoms with Gasteiger partial charge in [0.15, 0.2) is 11.5 Å². The van der Waals surface area contributed by atoms with Gasteiger partial charge in [-0.05, 0) is 59.1 Å². The maximum atomic E-state index is 13.0. The summed E-state index contributed by atoms with van der Waals surface area (Å²) in [6.45, 7) is 1.25. The minimum Gasteiger partial charge on any atom is -0.454 e. The van der Waals surface area contributed by atoms with Crippen LogP contribution in [0.25, 0.3) is 11.0 Å². The molecule has 3 heterocycles. The molecule has 0 radical (unpaired) electrons. The lowest BCUT2D eigenvalue weighted by Gasteiger charge is -2.28. The third-order valence-electron chi connectivity index (χ3n) is 5.12. The number of hydrogen-bond donors (Lipinski definition) is 0. The van der Waals surface area contributed by atoms with Crippen molar-refractivity contribution in [3.05, 3.63) is 47.5 Å². The number of carbonyl (C=O) groups excluding carboxylic acids is 2. The SMILES string of the molecule is O=C(CCc1ccc2c(c1)OCO2)N1CCCN1C(=O)c1ccc2nonc2c1. The van der Waals surface area contributed by atoms with Crippen molar-refractivity contribution >= 4 is 22.8 Å². The summed E-state index contributed by atoms with van der Waals surface area (Å²) in [6, 6.07) is 10.6. The number of ether oxygens (including phenoxy) is 2. The van der Waals surface area contributed by atoms with Crippen molar-refractivity contribution in [2.45, 2.75) is 19.3 Å². The molecule has 0 saturated carbocycles. The zero-order valence-corrected chi connectivity index (χ0v) is 15.5. The average Bonchev–Trinajstić information content (AvgIpc) is 3.50. The Morgan fingerprint density at radius 2 is 1.76 bits per heavy atom. The molecule has 0 spiro atoms. The second-order valence-electron chi connectivity index (χ2n) is 6.95. The van der Waals surface area contributed by atoms with Crippen molar-refractivity contribution in [2.75, 3.05) is 19.9 Å². The Labute approximate surface area is 165 Å². The van der Waals surface area contributed by atoms with E-state index >= 15 is 0 Å². The van der Waals surface area contributed by atoms with Crippen LogP contribution in [0.5, 0.6) is 11.5 Å². The zero-order chi connectivity index (χ0) is 19.8. The summed E-state index contributed by atoms with van der Waals surface area (Å²) >= 11 is 0. The highest BCUT2D eigenvalue weighted by atomic mass is 16.7. The third-order valence-corrected chi connectivity index (χ3v) is 5.12. The topological polar surface area (TPSA) is 98.0 Å². The molecule has 0 atom stereocenters. The molecule has 0 aliphatic carbocycles. The van der Waals surface area contributed by atoms with Gasteiger partial charge in [0, 0.05) is 25.1 Å². The predicted octanol–water partition coefficient (Wildman–Crippen LogP) is 2.17. The Morgan fingerprint density at radius 3 is 2.69 bits per heavy atom. The number of aromatic nitrogens is 2. The van der Waals surface area contributed by atoms with E-state index in [9.17, 15) is 9.59 Å². The largest absolute Gasteiger partial charge is 0.454 e. The van der Waals surface area contributed by atoms with Gasteiger partial charge in [0.1, 0.15) is 11.0 Å². The zero-order valence-electron chi connectivity index (χ0n) is 15.5. The van der Waals surface area contributed by atoms with Gasteiger partial charge in [-0.15, -0.1) is 0 Å². The van der Waals surface area contributed by atoms with E-state index in [1.165, 1.54) is 5.01 Å². The fraction of sp³-hybridized carbons (Fsp3) is 0.300. The number of carbonyl (C=O) groups is 2. The summed E-state index contributed by atoms with van der Waals surface area (Å²) in [5.74, 6) is 1.10. The number of rotatable bonds is 4. The van der Waals surface area contributed by atoms with Gasteiger partial charge in [-0.25, -0.2) is 9.64 Å². The fourth-order valence-corrected chi connectivity index (χ4v) is 3.62. The Bertz CT molecular complexity index is 1100. The van der Waals surface area contributed by atoms with Gasteiger partial charge in [-0.3, -0.25) is 14.6 Å². The quantitative estimate of drug-likeness (QED) is 0.669. The van der Waals surface area contributed by atoms with Gasteiger partial charge >= 0.3 is 0 Å². The average molecular weight is 394 g/mol. The number of hydrazine groups is 1. The van der Waals surface area contributed by atoms with Crippen molar-refractivity contribution in [3.63, 3.8) is 0 Å². The molecule has 1 saturated heterocycles. The molecule has 2 amide bonds. The number of hydrogen-bond acceptors (Lipinski definition) is 7. The standard InChI is InChI=1S/C20H18N4O5/c25-19(7-3-13-2-6-17-18(10-13)28-12-27-17)23-8-1-9-24(23)20(26)14-4-5-15-16(11-14)22-29-21-15/h2,4-6,10-11H,1,3,7-9,12H2. The monoisotopic (exact) mass is 394 g/mol. The number of amides is 2. The summed E-state index contributed by atoms with van der Waals surface area (Å²) < 4.78 is 15.4. The molecule has 1 aromatic heterocycles. The first-order valence-corrected chi connectivity index (χ1v) is 9.42. The smallest absolute Gasteiger partial charge is 0.272 e. The summed E-state index contributed by atoms with van der Waals surface area (Å²) in [7, 11) is 0. The van der Waals surface area contributed by atoms with Crippen LogP contribution in [0, 0.1) is 0 Å². The highest BCUT2D eigenvalue weighted by Crippen LogP contribution is 2.33. The molecule has 0 N–H and O–H groups in total. The minimum atomic E-state index is -0.233. The molecule has 1 fully saturated rings. The summed E-state index contributed by atoms with van der Waals surface area (Å²) in [5.41, 5.74) is 2.53. The normalized spacial score (nSPS) is 15.3. The number of aryl methyl sites for hydroxylation is 1. The van der Waals surface area contributed by atoms with Crippen LogP contribution in [-0.2, 0) is 11.2 Å². The molecule has 9 heteroatoms. The van der Waals surface area contributed by atoms with E-state index in [4.69, 9.17) is 9.47 Å². The molecule has 0 bridgehead atoms. The van der Waals surface area contributed by atoms with Gasteiger partial charge in [-0.2, -0.15) is 0 Å². The molecule has 2 aliphatic rings. The molecule has 0 unspecified atom stereocenters. The van der Waals surface area contributed by atoms with Crippen molar-refractivity contribution in [2.24, 2.45) is 0 Å². The molecule has 2 aliphatic heterocycles. The van der Waals surface area contributed by atoms with E-state index < -0.39 is 0 Å². The lowest BCUT2D eigenvalue weighted by Crippen LogP contribution is -2.44. The summed E-state index contributed by atoms with van der Waals surface area (Å²) in [6.07, 6.45) is 1.61. The highest BCUT2D eigenvalue weighted by molar-refractivity contribution is 5.98. The minimum absolute atomic E-state index is 0.0855. The molecule has 2 aromatic carbocycles. The lowest BCUT2D eigenvalue weighted by atomic mass is 10.1. The van der Waals surface area contributed by atoms with Crippen LogP contribution in [0.1, 0.15) is 28.8 Å². The molecule has 9 nitrogen and oxygen atoms in total. The summed E-state index contributed by atoms with van der Waals surface area (Å²) in [4.78, 5) is 25.8. The van der Waals surface area contributed by atoms with Crippen molar-refractivity contribution < 1.29 is 23.7 Å². The third kappa shape index (κ3) is 3.24. The van der Waals surface area contributed by atoms with Gasteiger partial charge in [0.25, 0.3) is 5.91 Å². The Morgan fingerprint density at radius 1 is 0.931 bits per heavy atom. The Kier molecular flexibility index (Phi) is 4.27. The van der Waals surface area contributed by atoms with Crippen molar-refractivity contribution in [1.82, 2.24) is 20.3 Å². The molecule has 3 aromatic rings. The van der Waals surface area contributed by atoms with Crippen LogP contribution < -0.4 is 9.47 Å². The van der Waals surface area contributed by atoms with Crippen LogP contribution in [0.4, 0.5) is 0 Å². The van der Waals surface area contributed by atoms with Gasteiger partial charge in [0.05, 0.1) is 0 Å². The highest BCUT2D eigenvalue weighted by Gasteiger charge is 2.31. The number of benzene rings is 2. The number of fused-ring (bicyclic) bond motifs is 2. The Balaban J connectivity index is 1.27. The van der Waals surface area contributed by atoms with Crippen LogP contribution in [0.3, 0.4) is 0 Å². The molecule has 5 rings (SSSR count). The lowest BCUT2D eigenvalue weighted by molar-refractivity contribution is -0.140. The first kappa shape index (κ1) is 17.5. The van der Waals surface area contributed by atoms with E-state index in [-0.39, 0.29) is 18.6 Å². The summed E-state index contributed by atoms with van der Waals surface area (Å²) in [5, 5.41) is 10.6. The van der Waals surface area contributed by atoms with E-state index in [1.54, 1.807) is 23.2 Å². The fourth-order valence-electron chi connectivity index (χ4n) is 3.62. The van der Waals surface area contributed by atoms with E-state index in [2.05, 4.69) is 14.9 Å². The van der Waals surface area contributed by atoms with Crippen LogP contribution in [0.15, 0.2) is 41.0 Å². The van der Waals surface area contributed by atoms with Crippen LogP contribution in [-0.4, -0.2) is 52.0 Å². The van der Waals surface area contributed by atoms with Crippen molar-refractivity contribution in [1.29, 1.82) is 0 Å². The van der Waals surface area contributed by atoms with Crippen LogP contribution >= 0.6 is 0 Å². The first-order chi connectivity index (χ1) is 14.2. The first-order valence-electron chi connectivity index (χ1n) is 9.42.